The first-order valence-electron chi connectivity index (χ1n) is 8.54. The molecule has 5 heteroatoms. The van der Waals surface area contributed by atoms with E-state index in [-0.39, 0.29) is 5.92 Å². The van der Waals surface area contributed by atoms with Crippen molar-refractivity contribution in [1.29, 1.82) is 0 Å². The van der Waals surface area contributed by atoms with Gasteiger partial charge in [0.2, 0.25) is 0 Å². The summed E-state index contributed by atoms with van der Waals surface area (Å²) in [4.78, 5) is 12.7. The van der Waals surface area contributed by atoms with Gasteiger partial charge in [-0.1, -0.05) is 60.7 Å². The number of aromatic nitrogens is 4. The average Bonchev–Trinajstić information content (AvgIpc) is 3.25. The van der Waals surface area contributed by atoms with Gasteiger partial charge in [-0.3, -0.25) is 4.57 Å². The second-order valence-corrected chi connectivity index (χ2v) is 5.99. The van der Waals surface area contributed by atoms with Crippen LogP contribution in [-0.4, -0.2) is 26.1 Å². The van der Waals surface area contributed by atoms with Gasteiger partial charge in [0, 0.05) is 30.9 Å². The van der Waals surface area contributed by atoms with Gasteiger partial charge >= 0.3 is 0 Å². The Balaban J connectivity index is 1.57. The molecule has 0 bridgehead atoms. The third-order valence-corrected chi connectivity index (χ3v) is 4.31. The Morgan fingerprint density at radius 3 is 2.19 bits per heavy atom. The molecule has 4 aromatic rings. The molecule has 0 radical (unpaired) electrons. The molecule has 0 atom stereocenters. The second-order valence-electron chi connectivity index (χ2n) is 5.99. The van der Waals surface area contributed by atoms with Crippen LogP contribution in [0.15, 0.2) is 91.8 Å². The molecule has 1 N–H and O–H groups in total. The Morgan fingerprint density at radius 1 is 0.885 bits per heavy atom. The highest BCUT2D eigenvalue weighted by Crippen LogP contribution is 2.25. The maximum absolute atomic E-state index is 4.35. The summed E-state index contributed by atoms with van der Waals surface area (Å²) in [6, 6.07) is 23.0. The van der Waals surface area contributed by atoms with Crippen molar-refractivity contribution in [1.82, 2.24) is 19.5 Å². The number of nitrogens with one attached hydrogen (secondary N) is 1. The second kappa shape index (κ2) is 7.61. The van der Waals surface area contributed by atoms with Crippen molar-refractivity contribution in [3.05, 3.63) is 103 Å². The minimum Gasteiger partial charge on any atom is -0.369 e. The van der Waals surface area contributed by atoms with Crippen LogP contribution >= 0.6 is 0 Å². The molecule has 0 unspecified atom stereocenters. The molecule has 2 heterocycles. The zero-order chi connectivity index (χ0) is 17.6. The van der Waals surface area contributed by atoms with Crippen LogP contribution in [0.5, 0.6) is 0 Å². The van der Waals surface area contributed by atoms with E-state index in [0.717, 1.165) is 18.2 Å². The van der Waals surface area contributed by atoms with Crippen molar-refractivity contribution < 1.29 is 0 Å². The summed E-state index contributed by atoms with van der Waals surface area (Å²) < 4.78 is 1.86. The molecular formula is C21H19N5. The molecule has 0 aliphatic rings. The third kappa shape index (κ3) is 3.62. The molecular weight excluding hydrogens is 322 g/mol. The van der Waals surface area contributed by atoms with E-state index >= 15 is 0 Å². The van der Waals surface area contributed by atoms with Crippen LogP contribution in [0.3, 0.4) is 0 Å². The Labute approximate surface area is 152 Å². The lowest BCUT2D eigenvalue weighted by molar-refractivity contribution is 0.845. The van der Waals surface area contributed by atoms with Gasteiger partial charge in [-0.25, -0.2) is 15.0 Å². The molecule has 0 aliphatic carbocycles. The van der Waals surface area contributed by atoms with Gasteiger partial charge in [0.25, 0.3) is 0 Å². The standard InChI is InChI=1S/C21H19N5/c1-3-7-17(8-4-1)19(18-9-5-2-6-10-18)14-23-20-13-21(25-15-24-20)26-12-11-22-16-26/h1-13,15-16,19H,14H2,(H,23,24,25). The maximum atomic E-state index is 4.35. The first-order chi connectivity index (χ1) is 12.9. The molecule has 0 fully saturated rings. The highest BCUT2D eigenvalue weighted by Gasteiger charge is 2.14. The van der Waals surface area contributed by atoms with Crippen LogP contribution in [-0.2, 0) is 0 Å². The average molecular weight is 341 g/mol. The molecule has 2 aromatic heterocycles. The van der Waals surface area contributed by atoms with E-state index in [2.05, 4.69) is 68.8 Å². The number of rotatable bonds is 6. The molecule has 0 saturated heterocycles. The molecule has 128 valence electrons. The lowest BCUT2D eigenvalue weighted by Gasteiger charge is -2.19. The molecule has 5 nitrogen and oxygen atoms in total. The summed E-state index contributed by atoms with van der Waals surface area (Å²) in [6.45, 7) is 0.744. The largest absolute Gasteiger partial charge is 0.369 e. The normalized spacial score (nSPS) is 10.8. The van der Waals surface area contributed by atoms with Crippen molar-refractivity contribution in [3.8, 4) is 5.82 Å². The lowest BCUT2D eigenvalue weighted by atomic mass is 9.91. The molecule has 2 aromatic carbocycles. The summed E-state index contributed by atoms with van der Waals surface area (Å²) in [7, 11) is 0. The first-order valence-corrected chi connectivity index (χ1v) is 8.54. The SMILES string of the molecule is c1ccc(C(CNc2cc(-n3ccnc3)ncn2)c2ccccc2)cc1. The molecule has 0 aliphatic heterocycles. The number of hydrogen-bond acceptors (Lipinski definition) is 4. The lowest BCUT2D eigenvalue weighted by Crippen LogP contribution is -2.15. The third-order valence-electron chi connectivity index (χ3n) is 4.31. The minimum absolute atomic E-state index is 0.240. The summed E-state index contributed by atoms with van der Waals surface area (Å²) in [5, 5.41) is 3.46. The van der Waals surface area contributed by atoms with E-state index in [9.17, 15) is 0 Å². The van der Waals surface area contributed by atoms with Crippen LogP contribution in [0.1, 0.15) is 17.0 Å². The molecule has 0 amide bonds. The fourth-order valence-corrected chi connectivity index (χ4v) is 2.99. The van der Waals surface area contributed by atoms with Gasteiger partial charge < -0.3 is 5.32 Å². The topological polar surface area (TPSA) is 55.6 Å². The zero-order valence-corrected chi connectivity index (χ0v) is 14.2. The van der Waals surface area contributed by atoms with Crippen LogP contribution in [0.2, 0.25) is 0 Å². The Morgan fingerprint density at radius 2 is 1.58 bits per heavy atom. The summed E-state index contributed by atoms with van der Waals surface area (Å²) in [5.74, 6) is 1.82. The van der Waals surface area contributed by atoms with Gasteiger partial charge in [0.15, 0.2) is 0 Å². The maximum Gasteiger partial charge on any atom is 0.143 e. The highest BCUT2D eigenvalue weighted by molar-refractivity contribution is 5.42. The predicted octanol–water partition coefficient (Wildman–Crippen LogP) is 3.91. The minimum atomic E-state index is 0.240. The molecule has 0 saturated carbocycles. The smallest absolute Gasteiger partial charge is 0.143 e. The van der Waals surface area contributed by atoms with Crippen LogP contribution in [0.25, 0.3) is 5.82 Å². The fraction of sp³-hybridized carbons (Fsp3) is 0.0952. The van der Waals surface area contributed by atoms with Crippen molar-refractivity contribution >= 4 is 5.82 Å². The van der Waals surface area contributed by atoms with Crippen molar-refractivity contribution in [3.63, 3.8) is 0 Å². The molecule has 4 rings (SSSR count). The Bertz CT molecular complexity index is 897. The van der Waals surface area contributed by atoms with Crippen molar-refractivity contribution in [2.24, 2.45) is 0 Å². The monoisotopic (exact) mass is 341 g/mol. The number of hydrogen-bond donors (Lipinski definition) is 1. The number of benzene rings is 2. The van der Waals surface area contributed by atoms with E-state index in [1.54, 1.807) is 18.9 Å². The predicted molar refractivity (Wildman–Crippen MR) is 102 cm³/mol. The quantitative estimate of drug-likeness (QED) is 0.578. The van der Waals surface area contributed by atoms with Gasteiger partial charge in [-0.2, -0.15) is 0 Å². The van der Waals surface area contributed by atoms with E-state index in [1.165, 1.54) is 11.1 Å². The highest BCUT2D eigenvalue weighted by atomic mass is 15.1. The van der Waals surface area contributed by atoms with Gasteiger partial charge in [0.1, 0.15) is 24.3 Å². The number of imidazole rings is 1. The van der Waals surface area contributed by atoms with E-state index < -0.39 is 0 Å². The Hall–Kier alpha value is -3.47. The number of anilines is 1. The van der Waals surface area contributed by atoms with E-state index in [1.807, 2.05) is 29.0 Å². The van der Waals surface area contributed by atoms with Crippen LogP contribution < -0.4 is 5.32 Å². The summed E-state index contributed by atoms with van der Waals surface area (Å²) in [5.41, 5.74) is 2.55. The van der Waals surface area contributed by atoms with Gasteiger partial charge in [-0.15, -0.1) is 0 Å². The first kappa shape index (κ1) is 16.0. The van der Waals surface area contributed by atoms with Gasteiger partial charge in [-0.05, 0) is 11.1 Å². The van der Waals surface area contributed by atoms with Crippen LogP contribution in [0.4, 0.5) is 5.82 Å². The van der Waals surface area contributed by atoms with E-state index in [0.29, 0.717) is 0 Å². The number of nitrogens with zero attached hydrogens (tertiary/aromatic N) is 4. The fourth-order valence-electron chi connectivity index (χ4n) is 2.99. The zero-order valence-electron chi connectivity index (χ0n) is 14.2. The van der Waals surface area contributed by atoms with Crippen molar-refractivity contribution in [2.45, 2.75) is 5.92 Å². The summed E-state index contributed by atoms with van der Waals surface area (Å²) >= 11 is 0. The van der Waals surface area contributed by atoms with Crippen molar-refractivity contribution in [2.75, 3.05) is 11.9 Å². The molecule has 26 heavy (non-hydrogen) atoms. The Kier molecular flexibility index (Phi) is 4.69. The van der Waals surface area contributed by atoms with Gasteiger partial charge in [0.05, 0.1) is 0 Å². The summed E-state index contributed by atoms with van der Waals surface area (Å²) in [6.07, 6.45) is 6.89. The molecule has 0 spiro atoms. The van der Waals surface area contributed by atoms with E-state index in [4.69, 9.17) is 0 Å². The van der Waals surface area contributed by atoms with Crippen LogP contribution in [0, 0.1) is 0 Å².